The predicted octanol–water partition coefficient (Wildman–Crippen LogP) is 6.37. The van der Waals surface area contributed by atoms with Crippen LogP contribution in [0, 0.1) is 11.8 Å². The van der Waals surface area contributed by atoms with Gasteiger partial charge in [-0.1, -0.05) is 45.8 Å². The molecule has 8 heteroatoms. The standard InChI is InChI=1S/C19H27F6NO/c1-5-7-14-10-9-12(3)15(8-6-2)16(14)26-13(4)11-17(27,18(20,21)22)19(23,24)25/h9-10,12,15,27H,5-8,11H2,1-4H3. The highest BCUT2D eigenvalue weighted by atomic mass is 19.4. The van der Waals surface area contributed by atoms with Crippen molar-refractivity contribution in [3.63, 3.8) is 0 Å². The van der Waals surface area contributed by atoms with Crippen LogP contribution in [-0.2, 0) is 0 Å². The average Bonchev–Trinajstić information content (AvgIpc) is 2.51. The number of rotatable bonds is 7. The van der Waals surface area contributed by atoms with Gasteiger partial charge >= 0.3 is 12.4 Å². The number of aliphatic hydroxyl groups is 1. The number of hydrogen-bond acceptors (Lipinski definition) is 2. The first kappa shape index (κ1) is 23.7. The third-order valence-electron chi connectivity index (χ3n) is 4.80. The summed E-state index contributed by atoms with van der Waals surface area (Å²) in [7, 11) is 0. The number of nitrogens with zero attached hydrogens (tertiary/aromatic N) is 1. The van der Waals surface area contributed by atoms with E-state index in [0.29, 0.717) is 12.1 Å². The molecule has 0 aromatic heterocycles. The van der Waals surface area contributed by atoms with Crippen molar-refractivity contribution in [1.29, 1.82) is 0 Å². The molecule has 0 fully saturated rings. The van der Waals surface area contributed by atoms with Crippen LogP contribution < -0.4 is 0 Å². The second-order valence-electron chi connectivity index (χ2n) is 7.15. The molecule has 2 nitrogen and oxygen atoms in total. The first-order chi connectivity index (χ1) is 12.3. The van der Waals surface area contributed by atoms with E-state index >= 15 is 0 Å². The lowest BCUT2D eigenvalue weighted by molar-refractivity contribution is -0.365. The van der Waals surface area contributed by atoms with E-state index in [1.165, 1.54) is 0 Å². The van der Waals surface area contributed by atoms with E-state index in [1.54, 1.807) is 0 Å². The van der Waals surface area contributed by atoms with Gasteiger partial charge in [-0.2, -0.15) is 26.3 Å². The van der Waals surface area contributed by atoms with Crippen LogP contribution >= 0.6 is 0 Å². The Kier molecular flexibility index (Phi) is 7.73. The molecule has 2 atom stereocenters. The summed E-state index contributed by atoms with van der Waals surface area (Å²) in [6.45, 7) is 6.95. The van der Waals surface area contributed by atoms with Crippen LogP contribution in [0.1, 0.15) is 59.8 Å². The summed E-state index contributed by atoms with van der Waals surface area (Å²) in [5.74, 6) is 0.0163. The Morgan fingerprint density at radius 1 is 1.07 bits per heavy atom. The Hall–Kier alpha value is -1.31. The molecule has 0 aromatic rings. The maximum absolute atomic E-state index is 12.9. The molecule has 0 saturated carbocycles. The molecule has 0 spiro atoms. The zero-order chi connectivity index (χ0) is 21.0. The zero-order valence-corrected chi connectivity index (χ0v) is 16.0. The first-order valence-electron chi connectivity index (χ1n) is 9.09. The third-order valence-corrected chi connectivity index (χ3v) is 4.80. The molecule has 1 N–H and O–H groups in total. The van der Waals surface area contributed by atoms with Crippen molar-refractivity contribution in [2.45, 2.75) is 77.8 Å². The lowest BCUT2D eigenvalue weighted by Gasteiger charge is -2.33. The van der Waals surface area contributed by atoms with Gasteiger partial charge in [-0.15, -0.1) is 0 Å². The fraction of sp³-hybridized carbons (Fsp3) is 0.737. The van der Waals surface area contributed by atoms with Crippen molar-refractivity contribution >= 4 is 5.71 Å². The minimum atomic E-state index is -5.84. The number of alkyl halides is 6. The van der Waals surface area contributed by atoms with Gasteiger partial charge in [0, 0.05) is 23.7 Å². The van der Waals surface area contributed by atoms with E-state index < -0.39 is 24.4 Å². The summed E-state index contributed by atoms with van der Waals surface area (Å²) >= 11 is 0. The van der Waals surface area contributed by atoms with E-state index in [2.05, 4.69) is 4.99 Å². The maximum atomic E-state index is 12.9. The molecule has 0 radical (unpaired) electrons. The van der Waals surface area contributed by atoms with Gasteiger partial charge in [-0.25, -0.2) is 0 Å². The summed E-state index contributed by atoms with van der Waals surface area (Å²) in [5.41, 5.74) is -3.83. The van der Waals surface area contributed by atoms with Crippen LogP contribution in [0.15, 0.2) is 28.4 Å². The van der Waals surface area contributed by atoms with Crippen LogP contribution in [-0.4, -0.2) is 28.8 Å². The van der Waals surface area contributed by atoms with Crippen molar-refractivity contribution in [2.75, 3.05) is 0 Å². The minimum Gasteiger partial charge on any atom is -0.373 e. The highest BCUT2D eigenvalue weighted by Crippen LogP contribution is 2.46. The average molecular weight is 399 g/mol. The van der Waals surface area contributed by atoms with Crippen molar-refractivity contribution < 1.29 is 31.4 Å². The largest absolute Gasteiger partial charge is 0.426 e. The molecule has 156 valence electrons. The first-order valence-corrected chi connectivity index (χ1v) is 9.09. The summed E-state index contributed by atoms with van der Waals surface area (Å²) in [6, 6.07) is 0. The van der Waals surface area contributed by atoms with E-state index in [0.717, 1.165) is 31.8 Å². The Bertz CT molecular complexity index is 586. The van der Waals surface area contributed by atoms with Gasteiger partial charge in [0.2, 0.25) is 0 Å². The van der Waals surface area contributed by atoms with Crippen molar-refractivity contribution in [3.05, 3.63) is 23.4 Å². The van der Waals surface area contributed by atoms with Crippen molar-refractivity contribution in [2.24, 2.45) is 16.8 Å². The fourth-order valence-corrected chi connectivity index (χ4v) is 3.30. The van der Waals surface area contributed by atoms with E-state index in [4.69, 9.17) is 0 Å². The summed E-state index contributed by atoms with van der Waals surface area (Å²) in [6.07, 6.45) is -6.51. The maximum Gasteiger partial charge on any atom is 0.426 e. The molecule has 0 heterocycles. The number of hydrogen-bond donors (Lipinski definition) is 1. The van der Waals surface area contributed by atoms with E-state index in [-0.39, 0.29) is 17.5 Å². The number of allylic oxidation sites excluding steroid dienone is 4. The quantitative estimate of drug-likeness (QED) is 0.392. The Morgan fingerprint density at radius 2 is 1.63 bits per heavy atom. The molecule has 0 amide bonds. The molecule has 0 saturated heterocycles. The van der Waals surface area contributed by atoms with Gasteiger partial charge < -0.3 is 5.11 Å². The summed E-state index contributed by atoms with van der Waals surface area (Å²) in [5, 5.41) is 9.41. The van der Waals surface area contributed by atoms with Gasteiger partial charge in [0.1, 0.15) is 0 Å². The predicted molar refractivity (Wildman–Crippen MR) is 93.4 cm³/mol. The molecule has 1 aliphatic carbocycles. The molecule has 2 unspecified atom stereocenters. The van der Waals surface area contributed by atoms with Crippen LogP contribution in [0.5, 0.6) is 0 Å². The Labute approximate surface area is 156 Å². The van der Waals surface area contributed by atoms with Crippen LogP contribution in [0.2, 0.25) is 0 Å². The molecule has 0 aromatic carbocycles. The Balaban J connectivity index is 3.35. The molecule has 0 aliphatic heterocycles. The van der Waals surface area contributed by atoms with Gasteiger partial charge in [0.25, 0.3) is 5.60 Å². The lowest BCUT2D eigenvalue weighted by Crippen LogP contribution is -2.57. The summed E-state index contributed by atoms with van der Waals surface area (Å²) < 4.78 is 77.7. The van der Waals surface area contributed by atoms with E-state index in [9.17, 15) is 31.4 Å². The zero-order valence-electron chi connectivity index (χ0n) is 16.0. The normalized spacial score (nSPS) is 22.6. The number of aliphatic imine (C=N–C) groups is 1. The van der Waals surface area contributed by atoms with Gasteiger partial charge in [0.15, 0.2) is 0 Å². The van der Waals surface area contributed by atoms with Gasteiger partial charge in [-0.3, -0.25) is 4.99 Å². The smallest absolute Gasteiger partial charge is 0.373 e. The second kappa shape index (κ2) is 8.80. The molecule has 1 rings (SSSR count). The minimum absolute atomic E-state index is 0.0682. The van der Waals surface area contributed by atoms with E-state index in [1.807, 2.05) is 32.9 Å². The number of halogens is 6. The topological polar surface area (TPSA) is 32.6 Å². The third kappa shape index (κ3) is 5.36. The highest BCUT2D eigenvalue weighted by molar-refractivity contribution is 5.84. The van der Waals surface area contributed by atoms with Crippen LogP contribution in [0.3, 0.4) is 0 Å². The van der Waals surface area contributed by atoms with Gasteiger partial charge in [0.05, 0.1) is 0 Å². The molecule has 1 aliphatic rings. The fourth-order valence-electron chi connectivity index (χ4n) is 3.30. The van der Waals surface area contributed by atoms with Gasteiger partial charge in [-0.05, 0) is 31.3 Å². The molecular weight excluding hydrogens is 372 g/mol. The highest BCUT2D eigenvalue weighted by Gasteiger charge is 2.70. The van der Waals surface area contributed by atoms with Crippen molar-refractivity contribution in [3.8, 4) is 0 Å². The second-order valence-corrected chi connectivity index (χ2v) is 7.15. The van der Waals surface area contributed by atoms with Crippen LogP contribution in [0.25, 0.3) is 0 Å². The molecule has 27 heavy (non-hydrogen) atoms. The summed E-state index contributed by atoms with van der Waals surface area (Å²) in [4.78, 5) is 4.18. The van der Waals surface area contributed by atoms with Crippen LogP contribution in [0.4, 0.5) is 26.3 Å². The SMILES string of the molecule is CCCC1=C(N=C(C)CC(O)(C(F)(F)F)C(F)(F)F)C(CCC)C(C)C=C1. The molecule has 0 bridgehead atoms. The molecular formula is C19H27F6NO. The Morgan fingerprint density at radius 3 is 2.07 bits per heavy atom. The van der Waals surface area contributed by atoms with Crippen molar-refractivity contribution in [1.82, 2.24) is 0 Å². The monoisotopic (exact) mass is 399 g/mol. The lowest BCUT2D eigenvalue weighted by atomic mass is 9.80.